The molecule has 3 N–H and O–H groups in total. The van der Waals surface area contributed by atoms with Gasteiger partial charge in [0.25, 0.3) is 0 Å². The van der Waals surface area contributed by atoms with Gasteiger partial charge in [0, 0.05) is 21.4 Å². The third-order valence-corrected chi connectivity index (χ3v) is 3.77. The molecule has 0 aliphatic heterocycles. The van der Waals surface area contributed by atoms with Crippen LogP contribution in [-0.2, 0) is 6.42 Å². The number of hydrogen-bond donors (Lipinski definition) is 2. The molecule has 0 atom stereocenters. The van der Waals surface area contributed by atoms with Crippen LogP contribution >= 0.6 is 28.1 Å². The van der Waals surface area contributed by atoms with E-state index in [1.165, 1.54) is 5.56 Å². The normalized spacial score (nSPS) is 10.2. The van der Waals surface area contributed by atoms with E-state index in [0.29, 0.717) is 4.99 Å². The Balaban J connectivity index is 2.32. The van der Waals surface area contributed by atoms with Crippen LogP contribution in [0.15, 0.2) is 46.9 Å². The topological polar surface area (TPSA) is 38.0 Å². The molecule has 0 saturated carbocycles. The number of halogens is 1. The van der Waals surface area contributed by atoms with Crippen molar-refractivity contribution in [1.29, 1.82) is 0 Å². The minimum absolute atomic E-state index is 0.375. The van der Waals surface area contributed by atoms with Crippen LogP contribution in [0.1, 0.15) is 18.1 Å². The van der Waals surface area contributed by atoms with Crippen LogP contribution in [0.4, 0.5) is 11.4 Å². The molecule has 0 radical (unpaired) electrons. The number of hydrogen-bond acceptors (Lipinski definition) is 2. The monoisotopic (exact) mass is 334 g/mol. The summed E-state index contributed by atoms with van der Waals surface area (Å²) in [7, 11) is 0. The molecule has 0 bridgehead atoms. The summed E-state index contributed by atoms with van der Waals surface area (Å²) in [6.07, 6.45) is 1.04. The minimum atomic E-state index is 0.375. The molecule has 0 fully saturated rings. The van der Waals surface area contributed by atoms with Crippen molar-refractivity contribution < 1.29 is 0 Å². The van der Waals surface area contributed by atoms with Gasteiger partial charge in [0.1, 0.15) is 4.99 Å². The third-order valence-electron chi connectivity index (χ3n) is 2.90. The van der Waals surface area contributed by atoms with E-state index < -0.39 is 0 Å². The van der Waals surface area contributed by atoms with Crippen LogP contribution < -0.4 is 11.1 Å². The molecule has 0 aromatic heterocycles. The standard InChI is InChI=1S/C15H15BrN2S/c1-2-10-6-8-11(9-7-10)18-13-5-3-4-12(16)14(13)15(17)19/h3-9,18H,2H2,1H3,(H2,17,19). The Morgan fingerprint density at radius 2 is 1.89 bits per heavy atom. The summed E-state index contributed by atoms with van der Waals surface area (Å²) in [4.78, 5) is 0.375. The maximum atomic E-state index is 5.78. The lowest BCUT2D eigenvalue weighted by Crippen LogP contribution is -2.12. The highest BCUT2D eigenvalue weighted by molar-refractivity contribution is 9.10. The average molecular weight is 335 g/mol. The highest BCUT2D eigenvalue weighted by atomic mass is 79.9. The molecule has 2 rings (SSSR count). The quantitative estimate of drug-likeness (QED) is 0.814. The number of nitrogens with one attached hydrogen (secondary N) is 1. The van der Waals surface area contributed by atoms with E-state index in [1.54, 1.807) is 0 Å². The molecule has 0 spiro atoms. The first-order valence-corrected chi connectivity index (χ1v) is 7.26. The predicted molar refractivity (Wildman–Crippen MR) is 89.1 cm³/mol. The second-order valence-electron chi connectivity index (χ2n) is 4.20. The number of nitrogens with two attached hydrogens (primary N) is 1. The maximum Gasteiger partial charge on any atom is 0.107 e. The second kappa shape index (κ2) is 6.17. The van der Waals surface area contributed by atoms with Crippen LogP contribution in [0.2, 0.25) is 0 Å². The smallest absolute Gasteiger partial charge is 0.107 e. The van der Waals surface area contributed by atoms with Gasteiger partial charge in [0.15, 0.2) is 0 Å². The fourth-order valence-electron chi connectivity index (χ4n) is 1.86. The molecular formula is C15H15BrN2S. The van der Waals surface area contributed by atoms with Gasteiger partial charge in [0.2, 0.25) is 0 Å². The van der Waals surface area contributed by atoms with Crippen LogP contribution in [0.25, 0.3) is 0 Å². The number of anilines is 2. The lowest BCUT2D eigenvalue weighted by Gasteiger charge is -2.13. The van der Waals surface area contributed by atoms with Gasteiger partial charge in [0.05, 0.1) is 0 Å². The van der Waals surface area contributed by atoms with E-state index in [0.717, 1.165) is 27.8 Å². The molecule has 2 nitrogen and oxygen atoms in total. The van der Waals surface area contributed by atoms with Crippen molar-refractivity contribution in [1.82, 2.24) is 0 Å². The van der Waals surface area contributed by atoms with Crippen molar-refractivity contribution in [3.05, 3.63) is 58.1 Å². The first-order valence-electron chi connectivity index (χ1n) is 6.06. The zero-order valence-corrected chi connectivity index (χ0v) is 13.0. The SMILES string of the molecule is CCc1ccc(Nc2cccc(Br)c2C(N)=S)cc1. The summed E-state index contributed by atoms with van der Waals surface area (Å²) in [6, 6.07) is 14.2. The molecule has 19 heavy (non-hydrogen) atoms. The largest absolute Gasteiger partial charge is 0.389 e. The van der Waals surface area contributed by atoms with Crippen LogP contribution in [0.3, 0.4) is 0 Å². The molecule has 4 heteroatoms. The summed E-state index contributed by atoms with van der Waals surface area (Å²) in [6.45, 7) is 2.14. The summed E-state index contributed by atoms with van der Waals surface area (Å²) in [5.41, 5.74) is 9.85. The fraction of sp³-hybridized carbons (Fsp3) is 0.133. The van der Waals surface area contributed by atoms with Crippen LogP contribution in [-0.4, -0.2) is 4.99 Å². The molecule has 0 amide bonds. The van der Waals surface area contributed by atoms with Gasteiger partial charge in [-0.3, -0.25) is 0 Å². The molecule has 0 aliphatic carbocycles. The van der Waals surface area contributed by atoms with Gasteiger partial charge in [-0.1, -0.05) is 37.3 Å². The molecule has 2 aromatic carbocycles. The lowest BCUT2D eigenvalue weighted by atomic mass is 10.1. The number of aryl methyl sites for hydroxylation is 1. The molecule has 0 aliphatic rings. The van der Waals surface area contributed by atoms with E-state index >= 15 is 0 Å². The van der Waals surface area contributed by atoms with Gasteiger partial charge in [-0.05, 0) is 52.2 Å². The van der Waals surface area contributed by atoms with E-state index in [1.807, 2.05) is 18.2 Å². The third kappa shape index (κ3) is 3.33. The van der Waals surface area contributed by atoms with Gasteiger partial charge in [-0.25, -0.2) is 0 Å². The van der Waals surface area contributed by atoms with Crippen molar-refractivity contribution in [2.75, 3.05) is 5.32 Å². The highest BCUT2D eigenvalue weighted by Crippen LogP contribution is 2.27. The Morgan fingerprint density at radius 1 is 1.21 bits per heavy atom. The highest BCUT2D eigenvalue weighted by Gasteiger charge is 2.09. The summed E-state index contributed by atoms with van der Waals surface area (Å²) < 4.78 is 0.898. The number of thiocarbonyl (C=S) groups is 1. The van der Waals surface area contributed by atoms with E-state index in [4.69, 9.17) is 18.0 Å². The van der Waals surface area contributed by atoms with Crippen molar-refractivity contribution in [2.24, 2.45) is 5.73 Å². The zero-order chi connectivity index (χ0) is 13.8. The molecular weight excluding hydrogens is 320 g/mol. The van der Waals surface area contributed by atoms with Crippen LogP contribution in [0.5, 0.6) is 0 Å². The molecule has 0 unspecified atom stereocenters. The maximum absolute atomic E-state index is 5.78. The van der Waals surface area contributed by atoms with Gasteiger partial charge in [-0.15, -0.1) is 0 Å². The molecule has 0 heterocycles. The average Bonchev–Trinajstić information content (AvgIpc) is 2.39. The molecule has 2 aromatic rings. The minimum Gasteiger partial charge on any atom is -0.389 e. The lowest BCUT2D eigenvalue weighted by molar-refractivity contribution is 1.14. The Hall–Kier alpha value is -1.39. The first-order chi connectivity index (χ1) is 9.11. The molecule has 98 valence electrons. The number of benzene rings is 2. The summed E-state index contributed by atoms with van der Waals surface area (Å²) in [5, 5.41) is 3.35. The van der Waals surface area contributed by atoms with Gasteiger partial charge < -0.3 is 11.1 Å². The van der Waals surface area contributed by atoms with Crippen molar-refractivity contribution in [3.8, 4) is 0 Å². The predicted octanol–water partition coefficient (Wildman–Crippen LogP) is 4.39. The van der Waals surface area contributed by atoms with Crippen LogP contribution in [0, 0.1) is 0 Å². The Kier molecular flexibility index (Phi) is 4.56. The van der Waals surface area contributed by atoms with Crippen molar-refractivity contribution >= 4 is 44.5 Å². The Morgan fingerprint density at radius 3 is 2.47 bits per heavy atom. The van der Waals surface area contributed by atoms with E-state index in [2.05, 4.69) is 52.4 Å². The van der Waals surface area contributed by atoms with E-state index in [9.17, 15) is 0 Å². The first kappa shape index (κ1) is 14.0. The van der Waals surface area contributed by atoms with Gasteiger partial charge in [-0.2, -0.15) is 0 Å². The van der Waals surface area contributed by atoms with Gasteiger partial charge >= 0.3 is 0 Å². The summed E-state index contributed by atoms with van der Waals surface area (Å²) in [5.74, 6) is 0. The zero-order valence-electron chi connectivity index (χ0n) is 10.6. The van der Waals surface area contributed by atoms with Crippen molar-refractivity contribution in [2.45, 2.75) is 13.3 Å². The fourth-order valence-corrected chi connectivity index (χ4v) is 2.79. The Bertz CT molecular complexity index is 594. The number of rotatable bonds is 4. The summed E-state index contributed by atoms with van der Waals surface area (Å²) >= 11 is 8.58. The second-order valence-corrected chi connectivity index (χ2v) is 5.50. The van der Waals surface area contributed by atoms with Crippen molar-refractivity contribution in [3.63, 3.8) is 0 Å². The Labute approximate surface area is 127 Å². The molecule has 0 saturated heterocycles. The van der Waals surface area contributed by atoms with E-state index in [-0.39, 0.29) is 0 Å².